The molecule has 0 spiro atoms. The number of rotatable bonds is 8. The number of hydrogen-bond acceptors (Lipinski definition) is 6. The van der Waals surface area contributed by atoms with Crippen LogP contribution >= 0.6 is 11.3 Å². The molecule has 0 N–H and O–H groups in total. The third kappa shape index (κ3) is 4.96. The van der Waals surface area contributed by atoms with Crippen LogP contribution in [-0.4, -0.2) is 41.0 Å². The van der Waals surface area contributed by atoms with Gasteiger partial charge in [0.15, 0.2) is 11.5 Å². The molecule has 0 saturated carbocycles. The predicted molar refractivity (Wildman–Crippen MR) is 121 cm³/mol. The van der Waals surface area contributed by atoms with Gasteiger partial charge in [-0.05, 0) is 62.0 Å². The second kappa shape index (κ2) is 9.48. The van der Waals surface area contributed by atoms with E-state index in [1.54, 1.807) is 15.9 Å². The number of aryl methyl sites for hydroxylation is 1. The van der Waals surface area contributed by atoms with E-state index in [9.17, 15) is 9.59 Å². The summed E-state index contributed by atoms with van der Waals surface area (Å²) in [7, 11) is 0. The van der Waals surface area contributed by atoms with Gasteiger partial charge in [-0.3, -0.25) is 9.59 Å². The Morgan fingerprint density at radius 1 is 1.06 bits per heavy atom. The molecule has 168 valence electrons. The Bertz CT molecular complexity index is 1090. The molecule has 0 unspecified atom stereocenters. The molecule has 0 atom stereocenters. The van der Waals surface area contributed by atoms with Crippen molar-refractivity contribution in [2.24, 2.45) is 0 Å². The number of fused-ring (bicyclic) bond motifs is 1. The first-order valence-electron chi connectivity index (χ1n) is 10.5. The van der Waals surface area contributed by atoms with Gasteiger partial charge in [-0.1, -0.05) is 12.1 Å². The van der Waals surface area contributed by atoms with Crippen LogP contribution in [0.3, 0.4) is 0 Å². The Hall–Kier alpha value is -3.26. The molecule has 2 amide bonds. The minimum Gasteiger partial charge on any atom is -0.464 e. The molecule has 1 aliphatic rings. The zero-order chi connectivity index (χ0) is 22.7. The van der Waals surface area contributed by atoms with E-state index in [1.165, 1.54) is 11.3 Å². The van der Waals surface area contributed by atoms with Crippen molar-refractivity contribution < 1.29 is 23.5 Å². The van der Waals surface area contributed by atoms with Crippen molar-refractivity contribution in [1.82, 2.24) is 9.80 Å². The Morgan fingerprint density at radius 3 is 2.56 bits per heavy atom. The number of nitrogens with zero attached hydrogens (tertiary/aromatic N) is 2. The maximum absolute atomic E-state index is 13.4. The Labute approximate surface area is 191 Å². The zero-order valence-electron chi connectivity index (χ0n) is 18.4. The fourth-order valence-corrected chi connectivity index (χ4v) is 4.21. The van der Waals surface area contributed by atoms with Crippen LogP contribution in [0.1, 0.15) is 40.6 Å². The molecule has 7 nitrogen and oxygen atoms in total. The van der Waals surface area contributed by atoms with Crippen LogP contribution in [-0.2, 0) is 17.9 Å². The van der Waals surface area contributed by atoms with Crippen LogP contribution in [0.25, 0.3) is 0 Å². The maximum Gasteiger partial charge on any atom is 0.264 e. The molecule has 0 fully saturated rings. The fourth-order valence-electron chi connectivity index (χ4n) is 3.53. The summed E-state index contributed by atoms with van der Waals surface area (Å²) >= 11 is 1.37. The molecule has 8 heteroatoms. The van der Waals surface area contributed by atoms with E-state index in [4.69, 9.17) is 13.9 Å². The van der Waals surface area contributed by atoms with Crippen LogP contribution in [0.15, 0.2) is 52.3 Å². The van der Waals surface area contributed by atoms with Gasteiger partial charge in [-0.15, -0.1) is 11.3 Å². The third-order valence-electron chi connectivity index (χ3n) is 5.23. The van der Waals surface area contributed by atoms with Crippen molar-refractivity contribution in [3.63, 3.8) is 0 Å². The van der Waals surface area contributed by atoms with Gasteiger partial charge in [0.05, 0.1) is 11.4 Å². The molecular weight excluding hydrogens is 428 g/mol. The SMILES string of the molecule is Cc1ccc(CN(Cc2ccc3c(c2)OCO3)C(=O)CN(C(=O)c2cccs2)C(C)C)o1. The average Bonchev–Trinajstić information content (AvgIpc) is 3.52. The van der Waals surface area contributed by atoms with Crippen molar-refractivity contribution in [3.05, 3.63) is 69.8 Å². The van der Waals surface area contributed by atoms with Crippen LogP contribution < -0.4 is 9.47 Å². The highest BCUT2D eigenvalue weighted by molar-refractivity contribution is 7.12. The number of amides is 2. The molecule has 1 aromatic carbocycles. The van der Waals surface area contributed by atoms with E-state index < -0.39 is 0 Å². The molecule has 0 radical (unpaired) electrons. The molecule has 2 aromatic heterocycles. The average molecular weight is 455 g/mol. The highest BCUT2D eigenvalue weighted by Crippen LogP contribution is 2.33. The largest absolute Gasteiger partial charge is 0.464 e. The standard InChI is InChI=1S/C24H26N2O5S/c1-16(2)26(24(28)22-5-4-10-32-22)14-23(27)25(13-19-8-6-17(3)31-19)12-18-7-9-20-21(11-18)30-15-29-20/h4-11,16H,12-15H2,1-3H3. The number of carbonyl (C=O) groups excluding carboxylic acids is 2. The van der Waals surface area contributed by atoms with Crippen molar-refractivity contribution in [2.75, 3.05) is 13.3 Å². The molecule has 3 heterocycles. The summed E-state index contributed by atoms with van der Waals surface area (Å²) in [5.41, 5.74) is 0.909. The van der Waals surface area contributed by atoms with Gasteiger partial charge in [-0.25, -0.2) is 0 Å². The molecule has 0 saturated heterocycles. The summed E-state index contributed by atoms with van der Waals surface area (Å²) in [5, 5.41) is 1.86. The molecule has 1 aliphatic heterocycles. The van der Waals surface area contributed by atoms with Gasteiger partial charge in [0.25, 0.3) is 5.91 Å². The number of ether oxygens (including phenoxy) is 2. The van der Waals surface area contributed by atoms with Crippen LogP contribution in [0, 0.1) is 6.92 Å². The lowest BCUT2D eigenvalue weighted by atomic mass is 10.1. The van der Waals surface area contributed by atoms with Gasteiger partial charge in [-0.2, -0.15) is 0 Å². The molecule has 32 heavy (non-hydrogen) atoms. The van der Waals surface area contributed by atoms with E-state index in [-0.39, 0.29) is 31.2 Å². The van der Waals surface area contributed by atoms with Crippen LogP contribution in [0.2, 0.25) is 0 Å². The monoisotopic (exact) mass is 454 g/mol. The highest BCUT2D eigenvalue weighted by atomic mass is 32.1. The maximum atomic E-state index is 13.4. The summed E-state index contributed by atoms with van der Waals surface area (Å²) in [6, 6.07) is 12.9. The number of benzene rings is 1. The smallest absolute Gasteiger partial charge is 0.264 e. The van der Waals surface area contributed by atoms with Gasteiger partial charge in [0.2, 0.25) is 12.7 Å². The topological polar surface area (TPSA) is 72.2 Å². The fraction of sp³-hybridized carbons (Fsp3) is 0.333. The summed E-state index contributed by atoms with van der Waals surface area (Å²) in [6.07, 6.45) is 0. The minimum atomic E-state index is -0.157. The summed E-state index contributed by atoms with van der Waals surface area (Å²) in [4.78, 5) is 30.3. The normalized spacial score (nSPS) is 12.2. The van der Waals surface area contributed by atoms with Crippen LogP contribution in [0.4, 0.5) is 0 Å². The van der Waals surface area contributed by atoms with Crippen molar-refractivity contribution in [2.45, 2.75) is 39.9 Å². The van der Waals surface area contributed by atoms with Crippen LogP contribution in [0.5, 0.6) is 11.5 Å². The lowest BCUT2D eigenvalue weighted by Crippen LogP contribution is -2.45. The number of carbonyl (C=O) groups is 2. The summed E-state index contributed by atoms with van der Waals surface area (Å²) in [5.74, 6) is 2.54. The number of thiophene rings is 1. The van der Waals surface area contributed by atoms with E-state index in [0.717, 1.165) is 11.3 Å². The van der Waals surface area contributed by atoms with Gasteiger partial charge in [0.1, 0.15) is 18.1 Å². The van der Waals surface area contributed by atoms with E-state index in [0.29, 0.717) is 35.2 Å². The second-order valence-electron chi connectivity index (χ2n) is 7.95. The first-order valence-corrected chi connectivity index (χ1v) is 11.3. The van der Waals surface area contributed by atoms with Crippen molar-refractivity contribution >= 4 is 23.2 Å². The molecule has 4 rings (SSSR count). The Balaban J connectivity index is 1.55. The van der Waals surface area contributed by atoms with Gasteiger partial charge >= 0.3 is 0 Å². The Kier molecular flexibility index (Phi) is 6.50. The van der Waals surface area contributed by atoms with E-state index in [1.807, 2.05) is 62.5 Å². The minimum absolute atomic E-state index is 0.0152. The van der Waals surface area contributed by atoms with Gasteiger partial charge in [0, 0.05) is 12.6 Å². The molecule has 3 aromatic rings. The lowest BCUT2D eigenvalue weighted by molar-refractivity contribution is -0.133. The highest BCUT2D eigenvalue weighted by Gasteiger charge is 2.26. The zero-order valence-corrected chi connectivity index (χ0v) is 19.2. The lowest BCUT2D eigenvalue weighted by Gasteiger charge is -2.29. The summed E-state index contributed by atoms with van der Waals surface area (Å²) in [6.45, 7) is 6.54. The van der Waals surface area contributed by atoms with Crippen molar-refractivity contribution in [3.8, 4) is 11.5 Å². The van der Waals surface area contributed by atoms with Gasteiger partial charge < -0.3 is 23.7 Å². The quantitative estimate of drug-likeness (QED) is 0.503. The van der Waals surface area contributed by atoms with E-state index in [2.05, 4.69) is 0 Å². The third-order valence-corrected chi connectivity index (χ3v) is 6.09. The van der Waals surface area contributed by atoms with E-state index >= 15 is 0 Å². The first-order chi connectivity index (χ1) is 15.4. The first kappa shape index (κ1) is 22.0. The number of furan rings is 1. The molecule has 0 aliphatic carbocycles. The molecular formula is C24H26N2O5S. The predicted octanol–water partition coefficient (Wildman–Crippen LogP) is 4.46. The van der Waals surface area contributed by atoms with Crippen molar-refractivity contribution in [1.29, 1.82) is 0 Å². The summed E-state index contributed by atoms with van der Waals surface area (Å²) < 4.78 is 16.6. The number of hydrogen-bond donors (Lipinski definition) is 0. The second-order valence-corrected chi connectivity index (χ2v) is 8.90. The molecule has 0 bridgehead atoms. The Morgan fingerprint density at radius 2 is 1.88 bits per heavy atom.